The van der Waals surface area contributed by atoms with Crippen LogP contribution >= 0.6 is 0 Å². The number of aliphatic carboxylic acids is 1. The van der Waals surface area contributed by atoms with E-state index in [2.05, 4.69) is 15.1 Å². The highest BCUT2D eigenvalue weighted by molar-refractivity contribution is 7.92. The largest absolute Gasteiger partial charge is 0.481 e. The Morgan fingerprint density at radius 2 is 1.81 bits per heavy atom. The highest BCUT2D eigenvalue weighted by atomic mass is 32.2. The van der Waals surface area contributed by atoms with Gasteiger partial charge in [0.15, 0.2) is 0 Å². The lowest BCUT2D eigenvalue weighted by molar-refractivity contribution is -0.136. The van der Waals surface area contributed by atoms with Crippen molar-refractivity contribution in [1.82, 2.24) is 0 Å². The summed E-state index contributed by atoms with van der Waals surface area (Å²) < 4.78 is 42.1. The minimum Gasteiger partial charge on any atom is -0.481 e. The summed E-state index contributed by atoms with van der Waals surface area (Å²) in [5.41, 5.74) is 2.46. The second-order valence-electron chi connectivity index (χ2n) is 6.83. The first-order valence-corrected chi connectivity index (χ1v) is 11.0. The fourth-order valence-electron chi connectivity index (χ4n) is 3.11. The van der Waals surface area contributed by atoms with Crippen LogP contribution < -0.4 is 15.9 Å². The molecular weight excluding hydrogens is 435 g/mol. The van der Waals surface area contributed by atoms with Gasteiger partial charge in [0, 0.05) is 17.8 Å². The van der Waals surface area contributed by atoms with Crippen LogP contribution in [0.1, 0.15) is 12.0 Å². The quantitative estimate of drug-likeness (QED) is 0.168. The average Bonchev–Trinajstić information content (AvgIpc) is 2.77. The van der Waals surface area contributed by atoms with Crippen LogP contribution in [0.2, 0.25) is 0 Å². The van der Waals surface area contributed by atoms with E-state index in [-0.39, 0.29) is 23.4 Å². The Labute approximate surface area is 184 Å². The van der Waals surface area contributed by atoms with Gasteiger partial charge in [-0.15, -0.1) is 0 Å². The molecule has 3 aromatic rings. The van der Waals surface area contributed by atoms with Crippen molar-refractivity contribution in [1.29, 1.82) is 0 Å². The number of nitrogens with zero attached hydrogens (tertiary/aromatic N) is 1. The standard InChI is InChI=1S/C22H21FN4O4S/c23-17-9-7-15(8-10-22(28)29)21(12-17)16-3-1-5-19(11-16)27-32(30,31)20-6-2-4-18(13-20)25-14-26-24/h1-7,9,11-14,27H,8,10,24H2,(H,25,26)(H,28,29). The van der Waals surface area contributed by atoms with Gasteiger partial charge in [0.05, 0.1) is 4.90 Å². The number of aryl methyl sites for hydroxylation is 1. The van der Waals surface area contributed by atoms with Gasteiger partial charge >= 0.3 is 5.97 Å². The Kier molecular flexibility index (Phi) is 7.06. The number of carboxylic acid groups (broad SMARTS) is 1. The van der Waals surface area contributed by atoms with E-state index in [0.717, 1.165) is 0 Å². The molecule has 0 bridgehead atoms. The molecule has 0 aliphatic heterocycles. The number of rotatable bonds is 9. The number of carbonyl (C=O) groups is 1. The maximum absolute atomic E-state index is 13.9. The average molecular weight is 456 g/mol. The van der Waals surface area contributed by atoms with Crippen LogP contribution in [0, 0.1) is 5.82 Å². The third-order valence-corrected chi connectivity index (χ3v) is 5.93. The van der Waals surface area contributed by atoms with Gasteiger partial charge in [0.25, 0.3) is 10.0 Å². The number of carboxylic acids is 1. The lowest BCUT2D eigenvalue weighted by Gasteiger charge is -2.13. The van der Waals surface area contributed by atoms with Crippen molar-refractivity contribution in [3.63, 3.8) is 0 Å². The minimum absolute atomic E-state index is 0.0197. The van der Waals surface area contributed by atoms with Gasteiger partial charge in [-0.3, -0.25) is 9.52 Å². The maximum atomic E-state index is 13.9. The number of hydrogen-bond donors (Lipinski definition) is 4. The molecule has 0 spiro atoms. The molecule has 0 saturated heterocycles. The number of sulfonamides is 1. The van der Waals surface area contributed by atoms with Crippen LogP contribution in [0.15, 0.2) is 76.7 Å². The predicted octanol–water partition coefficient (Wildman–Crippen LogP) is 3.62. The molecule has 0 aromatic heterocycles. The van der Waals surface area contributed by atoms with Crippen LogP contribution in [0.3, 0.4) is 0 Å². The lowest BCUT2D eigenvalue weighted by Crippen LogP contribution is -2.13. The molecule has 0 atom stereocenters. The van der Waals surface area contributed by atoms with Gasteiger partial charge in [-0.1, -0.05) is 24.3 Å². The first-order chi connectivity index (χ1) is 15.3. The zero-order valence-corrected chi connectivity index (χ0v) is 17.6. The fraction of sp³-hybridized carbons (Fsp3) is 0.0909. The van der Waals surface area contributed by atoms with Crippen molar-refractivity contribution < 1.29 is 22.7 Å². The summed E-state index contributed by atoms with van der Waals surface area (Å²) in [5.74, 6) is 3.60. The number of nitrogens with one attached hydrogen (secondary N) is 2. The molecule has 10 heteroatoms. The number of halogens is 1. The van der Waals surface area contributed by atoms with Crippen LogP contribution in [0.4, 0.5) is 15.8 Å². The van der Waals surface area contributed by atoms with E-state index in [1.807, 2.05) is 0 Å². The zero-order chi connectivity index (χ0) is 23.1. The Bertz CT molecular complexity index is 1260. The summed E-state index contributed by atoms with van der Waals surface area (Å²) in [5, 5.41) is 15.0. The minimum atomic E-state index is -3.92. The number of hydrazone groups is 1. The molecule has 0 heterocycles. The second-order valence-corrected chi connectivity index (χ2v) is 8.51. The monoisotopic (exact) mass is 456 g/mol. The number of nitrogens with two attached hydrogens (primary N) is 1. The fourth-order valence-corrected chi connectivity index (χ4v) is 4.20. The van der Waals surface area contributed by atoms with E-state index in [4.69, 9.17) is 10.9 Å². The topological polar surface area (TPSA) is 134 Å². The van der Waals surface area contributed by atoms with Crippen molar-refractivity contribution in [2.45, 2.75) is 17.7 Å². The van der Waals surface area contributed by atoms with Gasteiger partial charge < -0.3 is 16.3 Å². The van der Waals surface area contributed by atoms with Gasteiger partial charge in [0.1, 0.15) is 12.2 Å². The van der Waals surface area contributed by atoms with E-state index in [1.54, 1.807) is 36.4 Å². The molecule has 0 aliphatic rings. The lowest BCUT2D eigenvalue weighted by atomic mass is 9.96. The number of benzene rings is 3. The summed E-state index contributed by atoms with van der Waals surface area (Å²) in [6, 6.07) is 16.7. The van der Waals surface area contributed by atoms with Gasteiger partial charge in [-0.2, -0.15) is 5.10 Å². The maximum Gasteiger partial charge on any atom is 0.303 e. The third-order valence-electron chi connectivity index (χ3n) is 4.56. The van der Waals surface area contributed by atoms with E-state index >= 15 is 0 Å². The molecule has 0 saturated carbocycles. The van der Waals surface area contributed by atoms with Crippen molar-refractivity contribution >= 4 is 33.7 Å². The smallest absolute Gasteiger partial charge is 0.303 e. The van der Waals surface area contributed by atoms with Crippen molar-refractivity contribution in [3.05, 3.63) is 78.1 Å². The van der Waals surface area contributed by atoms with Gasteiger partial charge in [-0.25, -0.2) is 12.8 Å². The molecule has 5 N–H and O–H groups in total. The molecule has 0 aliphatic carbocycles. The van der Waals surface area contributed by atoms with E-state index in [0.29, 0.717) is 22.4 Å². The molecule has 32 heavy (non-hydrogen) atoms. The molecule has 0 unspecified atom stereocenters. The summed E-state index contributed by atoms with van der Waals surface area (Å²) >= 11 is 0. The first kappa shape index (κ1) is 22.8. The van der Waals surface area contributed by atoms with Crippen molar-refractivity contribution in [3.8, 4) is 11.1 Å². The Morgan fingerprint density at radius 1 is 1.06 bits per heavy atom. The molecule has 8 nitrogen and oxygen atoms in total. The first-order valence-electron chi connectivity index (χ1n) is 9.50. The number of anilines is 2. The van der Waals surface area contributed by atoms with Crippen LogP contribution in [0.5, 0.6) is 0 Å². The predicted molar refractivity (Wildman–Crippen MR) is 121 cm³/mol. The van der Waals surface area contributed by atoms with E-state index in [1.165, 1.54) is 36.7 Å². The molecular formula is C22H21FN4O4S. The van der Waals surface area contributed by atoms with Gasteiger partial charge in [-0.05, 0) is 65.6 Å². The Balaban J connectivity index is 1.90. The summed E-state index contributed by atoms with van der Waals surface area (Å²) in [7, 11) is -3.92. The third kappa shape index (κ3) is 5.82. The molecule has 3 aromatic carbocycles. The molecule has 3 rings (SSSR count). The highest BCUT2D eigenvalue weighted by Crippen LogP contribution is 2.29. The Hall–Kier alpha value is -3.92. The van der Waals surface area contributed by atoms with Crippen molar-refractivity contribution in [2.24, 2.45) is 10.9 Å². The van der Waals surface area contributed by atoms with E-state index < -0.39 is 21.8 Å². The Morgan fingerprint density at radius 3 is 2.56 bits per heavy atom. The van der Waals surface area contributed by atoms with E-state index in [9.17, 15) is 17.6 Å². The van der Waals surface area contributed by atoms with Crippen molar-refractivity contribution in [2.75, 3.05) is 10.0 Å². The van der Waals surface area contributed by atoms with Crippen LogP contribution in [-0.2, 0) is 21.2 Å². The molecule has 0 amide bonds. The van der Waals surface area contributed by atoms with Gasteiger partial charge in [0.2, 0.25) is 0 Å². The summed E-state index contributed by atoms with van der Waals surface area (Å²) in [4.78, 5) is 11.0. The summed E-state index contributed by atoms with van der Waals surface area (Å²) in [6.45, 7) is 0. The number of hydrogen-bond acceptors (Lipinski definition) is 5. The molecule has 0 radical (unpaired) electrons. The van der Waals surface area contributed by atoms with Crippen LogP contribution in [-0.4, -0.2) is 25.8 Å². The summed E-state index contributed by atoms with van der Waals surface area (Å²) in [6.07, 6.45) is 1.33. The SMILES string of the molecule is NN=CNc1cccc(S(=O)(=O)Nc2cccc(-c3cc(F)ccc3CCC(=O)O)c2)c1. The van der Waals surface area contributed by atoms with Crippen LogP contribution in [0.25, 0.3) is 11.1 Å². The zero-order valence-electron chi connectivity index (χ0n) is 16.8. The highest BCUT2D eigenvalue weighted by Gasteiger charge is 2.16. The molecule has 0 fully saturated rings. The normalized spacial score (nSPS) is 11.4. The second kappa shape index (κ2) is 9.92. The molecule has 166 valence electrons.